The van der Waals surface area contributed by atoms with Gasteiger partial charge in [-0.3, -0.25) is 4.79 Å². The summed E-state index contributed by atoms with van der Waals surface area (Å²) >= 11 is 5.84. The Hall–Kier alpha value is -1.92. The first-order chi connectivity index (χ1) is 11.1. The zero-order valence-corrected chi connectivity index (χ0v) is 13.3. The van der Waals surface area contributed by atoms with E-state index in [0.29, 0.717) is 29.7 Å². The molecule has 0 unspecified atom stereocenters. The standard InChI is InChI=1S/C16H18ClN3O3/c17-12-3-1-11(2-4-12)15-19-14(23-20-15)6-5-13(22)18-9-16(10-21)7-8-16/h1-4,21H,5-10H2,(H,18,22). The van der Waals surface area contributed by atoms with Gasteiger partial charge in [-0.25, -0.2) is 0 Å². The molecule has 1 aromatic heterocycles. The molecule has 0 aliphatic heterocycles. The molecule has 6 nitrogen and oxygen atoms in total. The highest BCUT2D eigenvalue weighted by molar-refractivity contribution is 6.30. The number of rotatable bonds is 7. The molecule has 1 aliphatic carbocycles. The van der Waals surface area contributed by atoms with Gasteiger partial charge >= 0.3 is 0 Å². The topological polar surface area (TPSA) is 88.2 Å². The Morgan fingerprint density at radius 1 is 1.35 bits per heavy atom. The van der Waals surface area contributed by atoms with Crippen molar-refractivity contribution in [2.24, 2.45) is 5.41 Å². The summed E-state index contributed by atoms with van der Waals surface area (Å²) in [6.45, 7) is 0.656. The van der Waals surface area contributed by atoms with Gasteiger partial charge < -0.3 is 14.9 Å². The smallest absolute Gasteiger partial charge is 0.227 e. The fourth-order valence-corrected chi connectivity index (χ4v) is 2.36. The van der Waals surface area contributed by atoms with Gasteiger partial charge in [-0.2, -0.15) is 4.98 Å². The van der Waals surface area contributed by atoms with Crippen LogP contribution in [0.15, 0.2) is 28.8 Å². The molecule has 0 radical (unpaired) electrons. The molecule has 1 saturated carbocycles. The van der Waals surface area contributed by atoms with E-state index in [1.165, 1.54) is 0 Å². The number of carbonyl (C=O) groups excluding carboxylic acids is 1. The fourth-order valence-electron chi connectivity index (χ4n) is 2.24. The van der Waals surface area contributed by atoms with Crippen LogP contribution in [0.5, 0.6) is 0 Å². The lowest BCUT2D eigenvalue weighted by Crippen LogP contribution is -2.31. The van der Waals surface area contributed by atoms with Gasteiger partial charge in [0.15, 0.2) is 0 Å². The Balaban J connectivity index is 1.49. The zero-order chi connectivity index (χ0) is 16.3. The summed E-state index contributed by atoms with van der Waals surface area (Å²) in [4.78, 5) is 16.1. The molecule has 1 aliphatic rings. The van der Waals surface area contributed by atoms with E-state index >= 15 is 0 Å². The van der Waals surface area contributed by atoms with Gasteiger partial charge in [0.25, 0.3) is 0 Å². The highest BCUT2D eigenvalue weighted by Gasteiger charge is 2.41. The van der Waals surface area contributed by atoms with Crippen LogP contribution in [0.2, 0.25) is 5.02 Å². The Labute approximate surface area is 138 Å². The van der Waals surface area contributed by atoms with Crippen molar-refractivity contribution in [3.8, 4) is 11.4 Å². The van der Waals surface area contributed by atoms with E-state index in [-0.39, 0.29) is 24.3 Å². The number of carbonyl (C=O) groups is 1. The van der Waals surface area contributed by atoms with Gasteiger partial charge in [-0.1, -0.05) is 16.8 Å². The van der Waals surface area contributed by atoms with E-state index in [0.717, 1.165) is 18.4 Å². The Kier molecular flexibility index (Phi) is 4.63. The van der Waals surface area contributed by atoms with E-state index in [1.807, 2.05) is 12.1 Å². The van der Waals surface area contributed by atoms with Crippen molar-refractivity contribution in [1.29, 1.82) is 0 Å². The molecule has 1 amide bonds. The predicted octanol–water partition coefficient (Wildman–Crippen LogP) is 2.21. The number of aromatic nitrogens is 2. The summed E-state index contributed by atoms with van der Waals surface area (Å²) in [6.07, 6.45) is 2.61. The molecule has 0 bridgehead atoms. The number of aryl methyl sites for hydroxylation is 1. The van der Waals surface area contributed by atoms with Crippen molar-refractivity contribution in [3.05, 3.63) is 35.2 Å². The Bertz CT molecular complexity index is 680. The number of aliphatic hydroxyl groups excluding tert-OH is 1. The summed E-state index contributed by atoms with van der Waals surface area (Å²) < 4.78 is 5.16. The number of benzene rings is 1. The second-order valence-corrected chi connectivity index (χ2v) is 6.39. The Morgan fingerprint density at radius 2 is 2.09 bits per heavy atom. The third kappa shape index (κ3) is 4.09. The summed E-state index contributed by atoms with van der Waals surface area (Å²) in [5, 5.41) is 16.6. The molecule has 122 valence electrons. The molecular weight excluding hydrogens is 318 g/mol. The van der Waals surface area contributed by atoms with Crippen LogP contribution in [0.1, 0.15) is 25.2 Å². The van der Waals surface area contributed by atoms with Crippen LogP contribution in [-0.4, -0.2) is 34.3 Å². The number of amides is 1. The Morgan fingerprint density at radius 3 is 2.74 bits per heavy atom. The summed E-state index contributed by atoms with van der Waals surface area (Å²) in [7, 11) is 0. The molecule has 1 aromatic carbocycles. The molecule has 1 fully saturated rings. The highest BCUT2D eigenvalue weighted by Crippen LogP contribution is 2.44. The minimum atomic E-state index is -0.0814. The van der Waals surface area contributed by atoms with E-state index in [4.69, 9.17) is 16.1 Å². The van der Waals surface area contributed by atoms with Crippen molar-refractivity contribution in [2.75, 3.05) is 13.2 Å². The normalized spacial score (nSPS) is 15.4. The van der Waals surface area contributed by atoms with Crippen molar-refractivity contribution in [3.63, 3.8) is 0 Å². The first-order valence-electron chi connectivity index (χ1n) is 7.56. The van der Waals surface area contributed by atoms with Crippen molar-refractivity contribution in [1.82, 2.24) is 15.5 Å². The minimum Gasteiger partial charge on any atom is -0.396 e. The summed E-state index contributed by atoms with van der Waals surface area (Å²) in [5.74, 6) is 0.832. The van der Waals surface area contributed by atoms with Gasteiger partial charge in [0.05, 0.1) is 6.61 Å². The van der Waals surface area contributed by atoms with E-state index in [1.54, 1.807) is 12.1 Å². The quantitative estimate of drug-likeness (QED) is 0.810. The molecule has 1 heterocycles. The maximum absolute atomic E-state index is 11.8. The molecule has 0 saturated heterocycles. The van der Waals surface area contributed by atoms with Gasteiger partial charge in [0.2, 0.25) is 17.6 Å². The van der Waals surface area contributed by atoms with Crippen molar-refractivity contribution in [2.45, 2.75) is 25.7 Å². The van der Waals surface area contributed by atoms with Gasteiger partial charge in [-0.05, 0) is 37.1 Å². The van der Waals surface area contributed by atoms with Crippen LogP contribution >= 0.6 is 11.6 Å². The van der Waals surface area contributed by atoms with Gasteiger partial charge in [-0.15, -0.1) is 0 Å². The zero-order valence-electron chi connectivity index (χ0n) is 12.6. The fraction of sp³-hybridized carbons (Fsp3) is 0.438. The molecule has 3 rings (SSSR count). The van der Waals surface area contributed by atoms with Crippen molar-refractivity contribution >= 4 is 17.5 Å². The number of hydrogen-bond donors (Lipinski definition) is 2. The molecule has 2 aromatic rings. The highest BCUT2D eigenvalue weighted by atomic mass is 35.5. The lowest BCUT2D eigenvalue weighted by atomic mass is 10.1. The second-order valence-electron chi connectivity index (χ2n) is 5.95. The van der Waals surface area contributed by atoms with E-state index in [2.05, 4.69) is 15.5 Å². The van der Waals surface area contributed by atoms with Crippen LogP contribution < -0.4 is 5.32 Å². The van der Waals surface area contributed by atoms with Gasteiger partial charge in [0, 0.05) is 35.4 Å². The number of nitrogens with one attached hydrogen (secondary N) is 1. The monoisotopic (exact) mass is 335 g/mol. The number of aliphatic hydroxyl groups is 1. The molecule has 0 atom stereocenters. The predicted molar refractivity (Wildman–Crippen MR) is 84.8 cm³/mol. The van der Waals surface area contributed by atoms with Crippen LogP contribution in [0.4, 0.5) is 0 Å². The van der Waals surface area contributed by atoms with Crippen LogP contribution in [-0.2, 0) is 11.2 Å². The summed E-state index contributed by atoms with van der Waals surface area (Å²) in [6, 6.07) is 7.14. The number of nitrogens with zero attached hydrogens (tertiary/aromatic N) is 2. The van der Waals surface area contributed by atoms with E-state index in [9.17, 15) is 9.90 Å². The minimum absolute atomic E-state index is 0.0732. The maximum atomic E-state index is 11.8. The number of halogens is 1. The van der Waals surface area contributed by atoms with Gasteiger partial charge in [0.1, 0.15) is 0 Å². The van der Waals surface area contributed by atoms with Crippen molar-refractivity contribution < 1.29 is 14.4 Å². The maximum Gasteiger partial charge on any atom is 0.227 e. The third-order valence-corrected chi connectivity index (χ3v) is 4.34. The first-order valence-corrected chi connectivity index (χ1v) is 7.94. The molecule has 0 spiro atoms. The average Bonchev–Trinajstić information content (AvgIpc) is 3.20. The van der Waals surface area contributed by atoms with E-state index < -0.39 is 0 Å². The number of hydrogen-bond acceptors (Lipinski definition) is 5. The summed E-state index contributed by atoms with van der Waals surface area (Å²) in [5.41, 5.74) is 0.731. The molecule has 2 N–H and O–H groups in total. The first kappa shape index (κ1) is 16.0. The second kappa shape index (κ2) is 6.68. The molecule has 23 heavy (non-hydrogen) atoms. The molecule has 7 heteroatoms. The van der Waals surface area contributed by atoms with Crippen LogP contribution in [0, 0.1) is 5.41 Å². The average molecular weight is 336 g/mol. The van der Waals surface area contributed by atoms with Crippen LogP contribution in [0.3, 0.4) is 0 Å². The largest absolute Gasteiger partial charge is 0.396 e. The lowest BCUT2D eigenvalue weighted by molar-refractivity contribution is -0.121. The SMILES string of the molecule is O=C(CCc1nc(-c2ccc(Cl)cc2)no1)NCC1(CO)CC1. The lowest BCUT2D eigenvalue weighted by Gasteiger charge is -2.12. The van der Waals surface area contributed by atoms with Crippen LogP contribution in [0.25, 0.3) is 11.4 Å². The third-order valence-electron chi connectivity index (χ3n) is 4.09. The molecular formula is C16H18ClN3O3.